The van der Waals surface area contributed by atoms with Crippen molar-refractivity contribution in [2.45, 2.75) is 19.4 Å². The van der Waals surface area contributed by atoms with E-state index in [2.05, 4.69) is 25.8 Å². The van der Waals surface area contributed by atoms with E-state index in [1.807, 2.05) is 60.8 Å². The summed E-state index contributed by atoms with van der Waals surface area (Å²) in [7, 11) is 0. The van der Waals surface area contributed by atoms with Gasteiger partial charge in [-0.1, -0.05) is 18.2 Å². The highest BCUT2D eigenvalue weighted by atomic mass is 32.1. The number of tetrazole rings is 1. The van der Waals surface area contributed by atoms with E-state index in [-0.39, 0.29) is 11.9 Å². The summed E-state index contributed by atoms with van der Waals surface area (Å²) in [6.07, 6.45) is 3.77. The SMILES string of the molecule is Cc1nnnn1-c1ccc(CC(=O)NC(c2ccncc2)c2cccs2)cc1. The fourth-order valence-corrected chi connectivity index (χ4v) is 3.76. The van der Waals surface area contributed by atoms with E-state index in [1.54, 1.807) is 28.4 Å². The monoisotopic (exact) mass is 390 g/mol. The summed E-state index contributed by atoms with van der Waals surface area (Å²) in [5.41, 5.74) is 2.79. The maximum atomic E-state index is 12.7. The molecule has 28 heavy (non-hydrogen) atoms. The van der Waals surface area contributed by atoms with Gasteiger partial charge in [0.2, 0.25) is 5.91 Å². The molecule has 1 aromatic carbocycles. The summed E-state index contributed by atoms with van der Waals surface area (Å²) in [4.78, 5) is 17.9. The van der Waals surface area contributed by atoms with Crippen LogP contribution in [0.15, 0.2) is 66.3 Å². The molecule has 8 heteroatoms. The Bertz CT molecular complexity index is 1040. The second-order valence-corrected chi connectivity index (χ2v) is 7.26. The second kappa shape index (κ2) is 8.10. The summed E-state index contributed by atoms with van der Waals surface area (Å²) < 4.78 is 1.65. The molecule has 0 saturated heterocycles. The van der Waals surface area contributed by atoms with Crippen LogP contribution in [0.4, 0.5) is 0 Å². The Labute approximate surface area is 166 Å². The molecule has 4 aromatic rings. The maximum Gasteiger partial charge on any atom is 0.225 e. The minimum atomic E-state index is -0.182. The minimum absolute atomic E-state index is 0.0402. The molecule has 3 aromatic heterocycles. The van der Waals surface area contributed by atoms with Gasteiger partial charge in [0, 0.05) is 17.3 Å². The Hall–Kier alpha value is -3.39. The summed E-state index contributed by atoms with van der Waals surface area (Å²) in [6.45, 7) is 1.84. The van der Waals surface area contributed by atoms with Gasteiger partial charge in [0.1, 0.15) is 0 Å². The van der Waals surface area contributed by atoms with Crippen LogP contribution in [0, 0.1) is 6.92 Å². The van der Waals surface area contributed by atoms with Crippen LogP contribution in [0.3, 0.4) is 0 Å². The number of amides is 1. The van der Waals surface area contributed by atoms with Crippen LogP contribution >= 0.6 is 11.3 Å². The Kier molecular flexibility index (Phi) is 5.20. The van der Waals surface area contributed by atoms with Crippen molar-refractivity contribution in [3.05, 3.63) is 88.1 Å². The molecular formula is C20H18N6OS. The zero-order valence-electron chi connectivity index (χ0n) is 15.2. The van der Waals surface area contributed by atoms with E-state index in [1.165, 1.54) is 0 Å². The Morgan fingerprint density at radius 1 is 1.14 bits per heavy atom. The van der Waals surface area contributed by atoms with Gasteiger partial charge >= 0.3 is 0 Å². The summed E-state index contributed by atoms with van der Waals surface area (Å²) >= 11 is 1.62. The zero-order chi connectivity index (χ0) is 19.3. The number of rotatable bonds is 6. The molecular weight excluding hydrogens is 372 g/mol. The third-order valence-electron chi connectivity index (χ3n) is 4.34. The normalized spacial score (nSPS) is 11.9. The molecule has 7 nitrogen and oxygen atoms in total. The maximum absolute atomic E-state index is 12.7. The van der Waals surface area contributed by atoms with Gasteiger partial charge in [-0.15, -0.1) is 16.4 Å². The van der Waals surface area contributed by atoms with Crippen molar-refractivity contribution in [3.63, 3.8) is 0 Å². The molecule has 0 saturated carbocycles. The summed E-state index contributed by atoms with van der Waals surface area (Å²) in [6, 6.07) is 15.3. The second-order valence-electron chi connectivity index (χ2n) is 6.28. The van der Waals surface area contributed by atoms with Crippen LogP contribution in [-0.4, -0.2) is 31.1 Å². The Morgan fingerprint density at radius 3 is 2.57 bits per heavy atom. The molecule has 4 rings (SSSR count). The Morgan fingerprint density at radius 2 is 1.93 bits per heavy atom. The van der Waals surface area contributed by atoms with Gasteiger partial charge in [-0.3, -0.25) is 9.78 Å². The van der Waals surface area contributed by atoms with Crippen LogP contribution in [0.2, 0.25) is 0 Å². The molecule has 0 aliphatic heterocycles. The average Bonchev–Trinajstić information content (AvgIpc) is 3.39. The number of nitrogens with one attached hydrogen (secondary N) is 1. The average molecular weight is 390 g/mol. The highest BCUT2D eigenvalue weighted by Crippen LogP contribution is 2.25. The molecule has 1 atom stereocenters. The van der Waals surface area contributed by atoms with Gasteiger partial charge in [-0.2, -0.15) is 4.68 Å². The van der Waals surface area contributed by atoms with Crippen LogP contribution in [-0.2, 0) is 11.2 Å². The highest BCUT2D eigenvalue weighted by Gasteiger charge is 2.18. The third kappa shape index (κ3) is 3.96. The first-order chi connectivity index (χ1) is 13.7. The number of pyridine rings is 1. The van der Waals surface area contributed by atoms with Gasteiger partial charge in [-0.25, -0.2) is 0 Å². The number of aromatic nitrogens is 5. The lowest BCUT2D eigenvalue weighted by molar-refractivity contribution is -0.120. The molecule has 3 heterocycles. The van der Waals surface area contributed by atoms with Crippen molar-refractivity contribution in [3.8, 4) is 5.69 Å². The van der Waals surface area contributed by atoms with Gasteiger partial charge in [-0.05, 0) is 64.2 Å². The predicted octanol–water partition coefficient (Wildman–Crippen LogP) is 2.88. The first-order valence-corrected chi connectivity index (χ1v) is 9.65. The van der Waals surface area contributed by atoms with Crippen LogP contribution in [0.25, 0.3) is 5.69 Å². The van der Waals surface area contributed by atoms with Crippen molar-refractivity contribution >= 4 is 17.2 Å². The van der Waals surface area contributed by atoms with Crippen LogP contribution in [0.5, 0.6) is 0 Å². The molecule has 0 aliphatic carbocycles. The van der Waals surface area contributed by atoms with E-state index >= 15 is 0 Å². The van der Waals surface area contributed by atoms with Crippen LogP contribution < -0.4 is 5.32 Å². The van der Waals surface area contributed by atoms with Crippen molar-refractivity contribution in [2.75, 3.05) is 0 Å². The molecule has 0 radical (unpaired) electrons. The van der Waals surface area contributed by atoms with Crippen LogP contribution in [0.1, 0.15) is 27.9 Å². The van der Waals surface area contributed by atoms with Crippen molar-refractivity contribution in [1.82, 2.24) is 30.5 Å². The molecule has 140 valence electrons. The molecule has 0 fully saturated rings. The quantitative estimate of drug-likeness (QED) is 0.547. The van der Waals surface area contributed by atoms with E-state index < -0.39 is 0 Å². The largest absolute Gasteiger partial charge is 0.344 e. The molecule has 0 aliphatic rings. The summed E-state index contributed by atoms with van der Waals surface area (Å²) in [5, 5.41) is 16.6. The lowest BCUT2D eigenvalue weighted by Gasteiger charge is -2.18. The Balaban J connectivity index is 1.47. The third-order valence-corrected chi connectivity index (χ3v) is 5.28. The van der Waals surface area contributed by atoms with Gasteiger partial charge < -0.3 is 5.32 Å². The van der Waals surface area contributed by atoms with E-state index in [0.29, 0.717) is 12.2 Å². The van der Waals surface area contributed by atoms with Gasteiger partial charge in [0.05, 0.1) is 18.2 Å². The molecule has 1 amide bonds. The van der Waals surface area contributed by atoms with Crippen molar-refractivity contribution in [2.24, 2.45) is 0 Å². The highest BCUT2D eigenvalue weighted by molar-refractivity contribution is 7.10. The fourth-order valence-electron chi connectivity index (χ4n) is 2.95. The van der Waals surface area contributed by atoms with Crippen molar-refractivity contribution in [1.29, 1.82) is 0 Å². The van der Waals surface area contributed by atoms with E-state index in [4.69, 9.17) is 0 Å². The lowest BCUT2D eigenvalue weighted by atomic mass is 10.1. The standard InChI is InChI=1S/C20H18N6OS/c1-14-23-24-25-26(14)17-6-4-15(5-7-17)13-19(27)22-20(18-3-2-12-28-18)16-8-10-21-11-9-16/h2-12,20H,13H2,1H3,(H,22,27). The lowest BCUT2D eigenvalue weighted by Crippen LogP contribution is -2.30. The number of hydrogen-bond acceptors (Lipinski definition) is 6. The number of thiophene rings is 1. The minimum Gasteiger partial charge on any atom is -0.344 e. The molecule has 1 N–H and O–H groups in total. The number of nitrogens with zero attached hydrogens (tertiary/aromatic N) is 5. The number of benzene rings is 1. The molecule has 0 spiro atoms. The predicted molar refractivity (Wildman–Crippen MR) is 106 cm³/mol. The first kappa shape index (κ1) is 18.0. The molecule has 0 bridgehead atoms. The number of hydrogen-bond donors (Lipinski definition) is 1. The topological polar surface area (TPSA) is 85.6 Å². The summed E-state index contributed by atoms with van der Waals surface area (Å²) in [5.74, 6) is 0.670. The smallest absolute Gasteiger partial charge is 0.225 e. The van der Waals surface area contributed by atoms with Crippen molar-refractivity contribution < 1.29 is 4.79 Å². The number of carbonyl (C=O) groups excluding carboxylic acids is 1. The van der Waals surface area contributed by atoms with E-state index in [9.17, 15) is 4.79 Å². The molecule has 1 unspecified atom stereocenters. The zero-order valence-corrected chi connectivity index (χ0v) is 16.0. The number of aryl methyl sites for hydroxylation is 1. The first-order valence-electron chi connectivity index (χ1n) is 8.78. The number of carbonyl (C=O) groups is 1. The van der Waals surface area contributed by atoms with E-state index in [0.717, 1.165) is 21.7 Å². The fraction of sp³-hybridized carbons (Fsp3) is 0.150. The van der Waals surface area contributed by atoms with Gasteiger partial charge in [0.25, 0.3) is 0 Å². The van der Waals surface area contributed by atoms with Gasteiger partial charge in [0.15, 0.2) is 5.82 Å².